The Hall–Kier alpha value is -3.07. The maximum Gasteiger partial charge on any atom is 0.430 e. The third-order valence-corrected chi connectivity index (χ3v) is 8.69. The van der Waals surface area contributed by atoms with E-state index >= 15 is 0 Å². The van der Waals surface area contributed by atoms with Gasteiger partial charge in [0.2, 0.25) is 5.95 Å². The van der Waals surface area contributed by atoms with E-state index in [-0.39, 0.29) is 48.6 Å². The van der Waals surface area contributed by atoms with Crippen molar-refractivity contribution < 1.29 is 22.8 Å². The molecule has 1 aromatic carbocycles. The number of amides is 1. The number of hydrogen-bond acceptors (Lipinski definition) is 9. The lowest BCUT2D eigenvalue weighted by Gasteiger charge is -2.31. The lowest BCUT2D eigenvalue weighted by Crippen LogP contribution is -2.41. The summed E-state index contributed by atoms with van der Waals surface area (Å²) in [6.45, 7) is 0.901. The summed E-state index contributed by atoms with van der Waals surface area (Å²) in [5.74, 6) is 1.26. The molecular formula is C29H40Cl2F3N9O2. The molecule has 0 radical (unpaired) electrons. The highest BCUT2D eigenvalue weighted by molar-refractivity contribution is 5.86. The van der Waals surface area contributed by atoms with Crippen LogP contribution in [0.3, 0.4) is 0 Å². The van der Waals surface area contributed by atoms with E-state index in [2.05, 4.69) is 20.5 Å². The number of hydrogen-bond donors (Lipinski definition) is 4. The molecule has 0 unspecified atom stereocenters. The maximum absolute atomic E-state index is 13.0. The van der Waals surface area contributed by atoms with Crippen LogP contribution in [0, 0.1) is 0 Å². The second-order valence-corrected chi connectivity index (χ2v) is 11.8. The number of imidazole rings is 1. The van der Waals surface area contributed by atoms with E-state index in [1.54, 1.807) is 0 Å². The summed E-state index contributed by atoms with van der Waals surface area (Å²) >= 11 is 0. The highest BCUT2D eigenvalue weighted by atomic mass is 35.5. The predicted molar refractivity (Wildman–Crippen MR) is 171 cm³/mol. The van der Waals surface area contributed by atoms with Crippen molar-refractivity contribution in [2.24, 2.45) is 5.73 Å². The standard InChI is InChI=1S/C29H38F3N9O2.2ClH/c30-29(31,32)18-4-3-5-22(16-18)37-28(42)43-40-14-12-21(13-15-40)35-25-24-26(41(17-34-24)23-6-1-2-7-23)39-27(38-25)36-20-10-8-19(33)9-11-20;;/h3-5,16-17,19-21,23H,1-2,6-15,33H2,(H,37,42)(H2,35,36,38,39);2*1H/t19-,20-;;. The van der Waals surface area contributed by atoms with Gasteiger partial charge in [0.15, 0.2) is 17.0 Å². The molecule has 11 nitrogen and oxygen atoms in total. The Morgan fingerprint density at radius 3 is 2.31 bits per heavy atom. The lowest BCUT2D eigenvalue weighted by molar-refractivity contribution is -0.137. The number of alkyl halides is 3. The average Bonchev–Trinajstić information content (AvgIpc) is 3.65. The van der Waals surface area contributed by atoms with Gasteiger partial charge < -0.3 is 25.8 Å². The summed E-state index contributed by atoms with van der Waals surface area (Å²) in [6, 6.07) is 5.42. The van der Waals surface area contributed by atoms with Crippen LogP contribution in [0.4, 0.5) is 35.4 Å². The van der Waals surface area contributed by atoms with E-state index in [4.69, 9.17) is 25.5 Å². The molecule has 0 spiro atoms. The monoisotopic (exact) mass is 673 g/mol. The summed E-state index contributed by atoms with van der Waals surface area (Å²) < 4.78 is 41.2. The first kappa shape index (κ1) is 34.8. The number of nitrogens with two attached hydrogens (primary N) is 1. The molecule has 45 heavy (non-hydrogen) atoms. The molecule has 3 aliphatic rings. The SMILES string of the molecule is Cl.Cl.N[C@H]1CC[C@H](Nc2nc(NC3CCN(OC(=O)Nc4cccc(C(F)(F)F)c4)CC3)c3ncn(C4CCCC4)c3n2)CC1. The highest BCUT2D eigenvalue weighted by Gasteiger charge is 2.31. The molecule has 3 fully saturated rings. The number of rotatable bonds is 7. The van der Waals surface area contributed by atoms with Crippen LogP contribution in [0.5, 0.6) is 0 Å². The van der Waals surface area contributed by atoms with Crippen molar-refractivity contribution >= 4 is 59.5 Å². The number of hydroxylamine groups is 2. The topological polar surface area (TPSA) is 135 Å². The van der Waals surface area contributed by atoms with Gasteiger partial charge in [-0.25, -0.2) is 9.78 Å². The van der Waals surface area contributed by atoms with Gasteiger partial charge in [-0.3, -0.25) is 5.32 Å². The van der Waals surface area contributed by atoms with Gasteiger partial charge in [-0.05, 0) is 69.6 Å². The number of piperidine rings is 1. The van der Waals surface area contributed by atoms with Crippen LogP contribution < -0.4 is 21.7 Å². The largest absolute Gasteiger partial charge is 0.430 e. The third kappa shape index (κ3) is 8.60. The van der Waals surface area contributed by atoms with Crippen LogP contribution in [0.15, 0.2) is 30.6 Å². The predicted octanol–water partition coefficient (Wildman–Crippen LogP) is 6.53. The van der Waals surface area contributed by atoms with E-state index in [1.165, 1.54) is 30.0 Å². The lowest BCUT2D eigenvalue weighted by atomic mass is 9.92. The van der Waals surface area contributed by atoms with Crippen molar-refractivity contribution in [3.8, 4) is 0 Å². The van der Waals surface area contributed by atoms with Crippen LogP contribution in [-0.4, -0.2) is 61.9 Å². The van der Waals surface area contributed by atoms with Gasteiger partial charge in [0.25, 0.3) is 0 Å². The van der Waals surface area contributed by atoms with E-state index in [1.807, 2.05) is 6.33 Å². The van der Waals surface area contributed by atoms with Gasteiger partial charge >= 0.3 is 12.3 Å². The van der Waals surface area contributed by atoms with E-state index < -0.39 is 17.8 Å². The van der Waals surface area contributed by atoms with Crippen molar-refractivity contribution in [2.75, 3.05) is 29.0 Å². The summed E-state index contributed by atoms with van der Waals surface area (Å²) in [5.41, 5.74) is 6.84. The van der Waals surface area contributed by atoms with Crippen LogP contribution in [0.1, 0.15) is 75.8 Å². The van der Waals surface area contributed by atoms with Gasteiger partial charge in [-0.2, -0.15) is 23.1 Å². The third-order valence-electron chi connectivity index (χ3n) is 8.69. The van der Waals surface area contributed by atoms with Gasteiger partial charge in [0.1, 0.15) is 0 Å². The Morgan fingerprint density at radius 1 is 0.933 bits per heavy atom. The summed E-state index contributed by atoms with van der Waals surface area (Å²) in [4.78, 5) is 32.2. The zero-order valence-corrected chi connectivity index (χ0v) is 26.4. The second-order valence-electron chi connectivity index (χ2n) is 11.8. The number of nitrogens with one attached hydrogen (secondary N) is 3. The molecule has 5 N–H and O–H groups in total. The molecule has 1 saturated heterocycles. The summed E-state index contributed by atoms with van der Waals surface area (Å²) in [7, 11) is 0. The molecule has 2 aromatic heterocycles. The van der Waals surface area contributed by atoms with Crippen molar-refractivity contribution in [3.63, 3.8) is 0 Å². The minimum Gasteiger partial charge on any atom is -0.365 e. The smallest absolute Gasteiger partial charge is 0.365 e. The fraction of sp³-hybridized carbons (Fsp3) is 0.586. The molecular weight excluding hydrogens is 634 g/mol. The fourth-order valence-corrected chi connectivity index (χ4v) is 6.29. The molecule has 1 aliphatic heterocycles. The van der Waals surface area contributed by atoms with Crippen LogP contribution >= 0.6 is 24.8 Å². The Balaban J connectivity index is 0.00000230. The second kappa shape index (κ2) is 15.0. The number of nitrogens with zero attached hydrogens (tertiary/aromatic N) is 5. The molecule has 16 heteroatoms. The number of halogens is 5. The Labute approximate surface area is 272 Å². The number of carbonyl (C=O) groups excluding carboxylic acids is 1. The quantitative estimate of drug-likeness (QED) is 0.221. The molecule has 0 atom stereocenters. The van der Waals surface area contributed by atoms with Crippen LogP contribution in [-0.2, 0) is 11.0 Å². The average molecular weight is 675 g/mol. The molecule has 248 valence electrons. The number of anilines is 3. The minimum atomic E-state index is -4.50. The maximum atomic E-state index is 13.0. The van der Waals surface area contributed by atoms with Crippen molar-refractivity contribution in [2.45, 2.75) is 94.6 Å². The molecule has 0 bridgehead atoms. The minimum absolute atomic E-state index is 0. The van der Waals surface area contributed by atoms with E-state index in [9.17, 15) is 18.0 Å². The molecule has 3 aromatic rings. The number of fused-ring (bicyclic) bond motifs is 1. The van der Waals surface area contributed by atoms with E-state index in [0.29, 0.717) is 43.7 Å². The Morgan fingerprint density at radius 2 is 1.62 bits per heavy atom. The van der Waals surface area contributed by atoms with E-state index in [0.717, 1.165) is 61.8 Å². The van der Waals surface area contributed by atoms with Crippen LogP contribution in [0.2, 0.25) is 0 Å². The zero-order chi connectivity index (χ0) is 30.0. The van der Waals surface area contributed by atoms with Crippen molar-refractivity contribution in [1.82, 2.24) is 24.6 Å². The summed E-state index contributed by atoms with van der Waals surface area (Å²) in [5, 5.41) is 11.0. The first-order valence-electron chi connectivity index (χ1n) is 15.2. The fourth-order valence-electron chi connectivity index (χ4n) is 6.29. The van der Waals surface area contributed by atoms with Gasteiger partial charge in [0, 0.05) is 42.9 Å². The normalized spacial score (nSPS) is 21.5. The van der Waals surface area contributed by atoms with Crippen molar-refractivity contribution in [3.05, 3.63) is 36.2 Å². The molecule has 2 aliphatic carbocycles. The van der Waals surface area contributed by atoms with Gasteiger partial charge in [-0.15, -0.1) is 29.9 Å². The zero-order valence-electron chi connectivity index (χ0n) is 24.8. The molecule has 6 rings (SSSR count). The number of carbonyl (C=O) groups is 1. The molecule has 2 saturated carbocycles. The summed E-state index contributed by atoms with van der Waals surface area (Å²) in [6.07, 6.45) is 6.41. The Bertz CT molecular complexity index is 1420. The van der Waals surface area contributed by atoms with Gasteiger partial charge in [-0.1, -0.05) is 18.9 Å². The van der Waals surface area contributed by atoms with Crippen molar-refractivity contribution in [1.29, 1.82) is 0 Å². The number of benzene rings is 1. The van der Waals surface area contributed by atoms with Crippen LogP contribution in [0.25, 0.3) is 11.2 Å². The van der Waals surface area contributed by atoms with Gasteiger partial charge in [0.05, 0.1) is 11.9 Å². The highest BCUT2D eigenvalue weighted by Crippen LogP contribution is 2.34. The number of aromatic nitrogens is 4. The molecule has 1 amide bonds. The first-order valence-corrected chi connectivity index (χ1v) is 15.2. The molecule has 3 heterocycles. The first-order chi connectivity index (χ1) is 20.7. The Kier molecular flexibility index (Phi) is 11.6.